The van der Waals surface area contributed by atoms with E-state index in [0.717, 1.165) is 24.4 Å². The molecular formula is C13H21N3O2. The van der Waals surface area contributed by atoms with Crippen LogP contribution >= 0.6 is 0 Å². The summed E-state index contributed by atoms with van der Waals surface area (Å²) in [7, 11) is 0. The SMILES string of the molecule is CCc1nc(C)cc(N[C@H](C(=O)O)[C@@H](C)CC)n1. The first kappa shape index (κ1) is 14.4. The average Bonchev–Trinajstić information content (AvgIpc) is 2.34. The molecule has 0 unspecified atom stereocenters. The predicted octanol–water partition coefficient (Wildman–Crippen LogP) is 2.26. The van der Waals surface area contributed by atoms with Gasteiger partial charge >= 0.3 is 5.97 Å². The van der Waals surface area contributed by atoms with Gasteiger partial charge < -0.3 is 10.4 Å². The summed E-state index contributed by atoms with van der Waals surface area (Å²) in [6, 6.07) is 1.16. The molecule has 5 heteroatoms. The minimum absolute atomic E-state index is 0.0443. The van der Waals surface area contributed by atoms with Gasteiger partial charge in [-0.2, -0.15) is 0 Å². The lowest BCUT2D eigenvalue weighted by Gasteiger charge is -2.21. The van der Waals surface area contributed by atoms with Crippen molar-refractivity contribution in [2.45, 2.75) is 46.6 Å². The molecule has 1 heterocycles. The minimum Gasteiger partial charge on any atom is -0.480 e. The van der Waals surface area contributed by atoms with Gasteiger partial charge in [0.05, 0.1) is 0 Å². The lowest BCUT2D eigenvalue weighted by atomic mass is 9.99. The highest BCUT2D eigenvalue weighted by atomic mass is 16.4. The van der Waals surface area contributed by atoms with Crippen LogP contribution in [0.4, 0.5) is 5.82 Å². The van der Waals surface area contributed by atoms with Crippen molar-refractivity contribution in [3.8, 4) is 0 Å². The Hall–Kier alpha value is -1.65. The monoisotopic (exact) mass is 251 g/mol. The lowest BCUT2D eigenvalue weighted by molar-refractivity contribution is -0.139. The maximum Gasteiger partial charge on any atom is 0.326 e. The van der Waals surface area contributed by atoms with Crippen LogP contribution in [0.25, 0.3) is 0 Å². The number of carboxylic acid groups (broad SMARTS) is 1. The second-order valence-electron chi connectivity index (χ2n) is 4.51. The van der Waals surface area contributed by atoms with Crippen LogP contribution in [0.2, 0.25) is 0 Å². The van der Waals surface area contributed by atoms with Gasteiger partial charge in [0.15, 0.2) is 0 Å². The Morgan fingerprint density at radius 2 is 2.11 bits per heavy atom. The largest absolute Gasteiger partial charge is 0.480 e. The summed E-state index contributed by atoms with van der Waals surface area (Å²) >= 11 is 0. The van der Waals surface area contributed by atoms with E-state index >= 15 is 0 Å². The van der Waals surface area contributed by atoms with Crippen molar-refractivity contribution < 1.29 is 9.90 Å². The number of nitrogens with zero attached hydrogens (tertiary/aromatic N) is 2. The van der Waals surface area contributed by atoms with Crippen molar-refractivity contribution in [1.82, 2.24) is 9.97 Å². The first-order valence-corrected chi connectivity index (χ1v) is 6.31. The second kappa shape index (κ2) is 6.33. The molecule has 100 valence electrons. The van der Waals surface area contributed by atoms with Gasteiger partial charge in [-0.15, -0.1) is 0 Å². The summed E-state index contributed by atoms with van der Waals surface area (Å²) < 4.78 is 0. The van der Waals surface area contributed by atoms with E-state index in [-0.39, 0.29) is 5.92 Å². The molecule has 0 radical (unpaired) electrons. The van der Waals surface area contributed by atoms with Gasteiger partial charge in [-0.05, 0) is 12.8 Å². The Balaban J connectivity index is 2.93. The maximum absolute atomic E-state index is 11.2. The van der Waals surface area contributed by atoms with Crippen LogP contribution in [0.5, 0.6) is 0 Å². The van der Waals surface area contributed by atoms with E-state index in [1.807, 2.05) is 27.7 Å². The van der Waals surface area contributed by atoms with E-state index in [2.05, 4.69) is 15.3 Å². The van der Waals surface area contributed by atoms with Crippen molar-refractivity contribution in [2.75, 3.05) is 5.32 Å². The molecule has 2 N–H and O–H groups in total. The Labute approximate surface area is 108 Å². The molecule has 0 aliphatic rings. The van der Waals surface area contributed by atoms with Crippen molar-refractivity contribution in [1.29, 1.82) is 0 Å². The summed E-state index contributed by atoms with van der Waals surface area (Å²) in [5.74, 6) is 0.513. The molecule has 0 aliphatic heterocycles. The van der Waals surface area contributed by atoms with Gasteiger partial charge in [-0.3, -0.25) is 0 Å². The molecule has 1 aromatic heterocycles. The van der Waals surface area contributed by atoms with E-state index < -0.39 is 12.0 Å². The molecule has 1 rings (SSSR count). The zero-order valence-electron chi connectivity index (χ0n) is 11.4. The molecule has 0 bridgehead atoms. The first-order valence-electron chi connectivity index (χ1n) is 6.31. The second-order valence-corrected chi connectivity index (χ2v) is 4.51. The number of carbonyl (C=O) groups is 1. The number of aliphatic carboxylic acids is 1. The molecule has 1 aromatic rings. The van der Waals surface area contributed by atoms with E-state index in [9.17, 15) is 9.90 Å². The molecule has 0 spiro atoms. The molecular weight excluding hydrogens is 230 g/mol. The highest BCUT2D eigenvalue weighted by Gasteiger charge is 2.23. The fourth-order valence-corrected chi connectivity index (χ4v) is 1.70. The van der Waals surface area contributed by atoms with Gasteiger partial charge in [-0.1, -0.05) is 27.2 Å². The number of hydrogen-bond acceptors (Lipinski definition) is 4. The Morgan fingerprint density at radius 3 is 2.61 bits per heavy atom. The van der Waals surface area contributed by atoms with Crippen LogP contribution < -0.4 is 5.32 Å². The third-order valence-electron chi connectivity index (χ3n) is 3.00. The standard InChI is InChI=1S/C13H21N3O2/c1-5-8(3)12(13(17)18)16-11-7-9(4)14-10(6-2)15-11/h7-8,12H,5-6H2,1-4H3,(H,17,18)(H,14,15,16)/t8-,12-/m0/s1. The fourth-order valence-electron chi connectivity index (χ4n) is 1.70. The van der Waals surface area contributed by atoms with Crippen LogP contribution in [-0.2, 0) is 11.2 Å². The number of carboxylic acids is 1. The number of hydrogen-bond donors (Lipinski definition) is 2. The topological polar surface area (TPSA) is 75.1 Å². The molecule has 0 amide bonds. The van der Waals surface area contributed by atoms with Crippen molar-refractivity contribution >= 4 is 11.8 Å². The van der Waals surface area contributed by atoms with Crippen LogP contribution in [-0.4, -0.2) is 27.1 Å². The van der Waals surface area contributed by atoms with E-state index in [1.165, 1.54) is 0 Å². The van der Waals surface area contributed by atoms with Crippen LogP contribution in [0, 0.1) is 12.8 Å². The lowest BCUT2D eigenvalue weighted by Crippen LogP contribution is -2.35. The highest BCUT2D eigenvalue weighted by molar-refractivity contribution is 5.77. The summed E-state index contributed by atoms with van der Waals surface area (Å²) in [6.45, 7) is 7.75. The molecule has 0 saturated carbocycles. The maximum atomic E-state index is 11.2. The van der Waals surface area contributed by atoms with Crippen LogP contribution in [0.15, 0.2) is 6.07 Å². The molecule has 0 fully saturated rings. The summed E-state index contributed by atoms with van der Waals surface area (Å²) in [6.07, 6.45) is 1.53. The first-order chi connectivity index (χ1) is 8.47. The molecule has 5 nitrogen and oxygen atoms in total. The molecule has 0 saturated heterocycles. The van der Waals surface area contributed by atoms with Gasteiger partial charge in [-0.25, -0.2) is 14.8 Å². The van der Waals surface area contributed by atoms with Crippen molar-refractivity contribution in [3.63, 3.8) is 0 Å². The number of nitrogens with one attached hydrogen (secondary N) is 1. The fraction of sp³-hybridized carbons (Fsp3) is 0.615. The zero-order chi connectivity index (χ0) is 13.7. The molecule has 0 aromatic carbocycles. The van der Waals surface area contributed by atoms with E-state index in [4.69, 9.17) is 0 Å². The van der Waals surface area contributed by atoms with Crippen molar-refractivity contribution in [3.05, 3.63) is 17.6 Å². The Morgan fingerprint density at radius 1 is 1.44 bits per heavy atom. The normalized spacial score (nSPS) is 14.0. The van der Waals surface area contributed by atoms with Gasteiger partial charge in [0, 0.05) is 18.2 Å². The third-order valence-corrected chi connectivity index (χ3v) is 3.00. The summed E-state index contributed by atoms with van der Waals surface area (Å²) in [5.41, 5.74) is 0.845. The Bertz CT molecular complexity index is 421. The summed E-state index contributed by atoms with van der Waals surface area (Å²) in [5, 5.41) is 12.2. The van der Waals surface area contributed by atoms with Gasteiger partial charge in [0.1, 0.15) is 17.7 Å². The molecule has 2 atom stereocenters. The molecule has 18 heavy (non-hydrogen) atoms. The number of anilines is 1. The third kappa shape index (κ3) is 3.68. The number of rotatable bonds is 6. The zero-order valence-corrected chi connectivity index (χ0v) is 11.4. The molecule has 0 aliphatic carbocycles. The quantitative estimate of drug-likeness (QED) is 0.811. The van der Waals surface area contributed by atoms with Gasteiger partial charge in [0.2, 0.25) is 0 Å². The minimum atomic E-state index is -0.848. The van der Waals surface area contributed by atoms with E-state index in [0.29, 0.717) is 5.82 Å². The number of aromatic nitrogens is 2. The van der Waals surface area contributed by atoms with Crippen LogP contribution in [0.3, 0.4) is 0 Å². The smallest absolute Gasteiger partial charge is 0.326 e. The van der Waals surface area contributed by atoms with Crippen LogP contribution in [0.1, 0.15) is 38.7 Å². The average molecular weight is 251 g/mol. The Kier molecular flexibility index (Phi) is 5.07. The van der Waals surface area contributed by atoms with Gasteiger partial charge in [0.25, 0.3) is 0 Å². The van der Waals surface area contributed by atoms with E-state index in [1.54, 1.807) is 6.07 Å². The summed E-state index contributed by atoms with van der Waals surface area (Å²) in [4.78, 5) is 19.8. The predicted molar refractivity (Wildman–Crippen MR) is 70.6 cm³/mol. The number of aryl methyl sites for hydroxylation is 2. The highest BCUT2D eigenvalue weighted by Crippen LogP contribution is 2.15. The van der Waals surface area contributed by atoms with Crippen molar-refractivity contribution in [2.24, 2.45) is 5.92 Å².